The first-order valence-corrected chi connectivity index (χ1v) is 5.14. The number of nitrogens with zero attached hydrogens (tertiary/aromatic N) is 2. The van der Waals surface area contributed by atoms with E-state index in [-0.39, 0.29) is 0 Å². The molecular formula is C11H17N3. The van der Waals surface area contributed by atoms with Crippen molar-refractivity contribution in [2.75, 3.05) is 17.7 Å². The lowest BCUT2D eigenvalue weighted by Crippen LogP contribution is -2.38. The fourth-order valence-corrected chi connectivity index (χ4v) is 1.78. The Bertz CT molecular complexity index is 331. The van der Waals surface area contributed by atoms with Gasteiger partial charge in [0, 0.05) is 19.3 Å². The maximum absolute atomic E-state index is 6.00. The SMILES string of the molecule is Cc1ccnc(N(C)C2CCC2)c1N. The van der Waals surface area contributed by atoms with Gasteiger partial charge in [-0.25, -0.2) is 4.98 Å². The van der Waals surface area contributed by atoms with Gasteiger partial charge < -0.3 is 10.6 Å². The second kappa shape index (κ2) is 3.48. The largest absolute Gasteiger partial charge is 0.396 e. The number of hydrogen-bond donors (Lipinski definition) is 1. The van der Waals surface area contributed by atoms with Gasteiger partial charge >= 0.3 is 0 Å². The van der Waals surface area contributed by atoms with Crippen LogP contribution < -0.4 is 10.6 Å². The summed E-state index contributed by atoms with van der Waals surface area (Å²) in [5, 5.41) is 0. The van der Waals surface area contributed by atoms with E-state index in [1.807, 2.05) is 19.2 Å². The molecule has 0 spiro atoms. The maximum Gasteiger partial charge on any atom is 0.152 e. The summed E-state index contributed by atoms with van der Waals surface area (Å²) in [6.07, 6.45) is 5.70. The zero-order valence-electron chi connectivity index (χ0n) is 8.83. The van der Waals surface area contributed by atoms with Gasteiger partial charge in [0.2, 0.25) is 0 Å². The van der Waals surface area contributed by atoms with Crippen LogP contribution in [0.2, 0.25) is 0 Å². The summed E-state index contributed by atoms with van der Waals surface area (Å²) in [5.41, 5.74) is 7.93. The molecule has 0 aromatic carbocycles. The van der Waals surface area contributed by atoms with Gasteiger partial charge in [-0.3, -0.25) is 0 Å². The highest BCUT2D eigenvalue weighted by molar-refractivity contribution is 5.66. The van der Waals surface area contributed by atoms with Crippen molar-refractivity contribution in [1.82, 2.24) is 4.98 Å². The van der Waals surface area contributed by atoms with Crippen LogP contribution in [-0.2, 0) is 0 Å². The van der Waals surface area contributed by atoms with Crippen molar-refractivity contribution < 1.29 is 0 Å². The summed E-state index contributed by atoms with van der Waals surface area (Å²) in [7, 11) is 2.09. The van der Waals surface area contributed by atoms with Gasteiger partial charge in [-0.2, -0.15) is 0 Å². The van der Waals surface area contributed by atoms with E-state index in [0.29, 0.717) is 6.04 Å². The Morgan fingerprint density at radius 2 is 2.21 bits per heavy atom. The van der Waals surface area contributed by atoms with Gasteiger partial charge in [0.05, 0.1) is 5.69 Å². The van der Waals surface area contributed by atoms with Crippen LogP contribution in [0.15, 0.2) is 12.3 Å². The Hall–Kier alpha value is -1.25. The Kier molecular flexibility index (Phi) is 2.32. The minimum atomic E-state index is 0.645. The third-order valence-electron chi connectivity index (χ3n) is 3.14. The van der Waals surface area contributed by atoms with E-state index in [0.717, 1.165) is 17.1 Å². The molecule has 1 heterocycles. The van der Waals surface area contributed by atoms with Crippen molar-refractivity contribution in [2.45, 2.75) is 32.2 Å². The maximum atomic E-state index is 6.00. The van der Waals surface area contributed by atoms with Crippen molar-refractivity contribution in [2.24, 2.45) is 0 Å². The Balaban J connectivity index is 2.26. The molecule has 3 heteroatoms. The number of anilines is 2. The number of aromatic nitrogens is 1. The number of rotatable bonds is 2. The molecule has 2 rings (SSSR count). The molecular weight excluding hydrogens is 174 g/mol. The van der Waals surface area contributed by atoms with Crippen molar-refractivity contribution in [1.29, 1.82) is 0 Å². The van der Waals surface area contributed by atoms with E-state index in [4.69, 9.17) is 5.73 Å². The van der Waals surface area contributed by atoms with Crippen molar-refractivity contribution in [3.8, 4) is 0 Å². The zero-order valence-corrected chi connectivity index (χ0v) is 8.83. The predicted molar refractivity (Wildman–Crippen MR) is 59.4 cm³/mol. The van der Waals surface area contributed by atoms with Crippen LogP contribution >= 0.6 is 0 Å². The van der Waals surface area contributed by atoms with Gasteiger partial charge in [0.25, 0.3) is 0 Å². The van der Waals surface area contributed by atoms with Gasteiger partial charge in [-0.05, 0) is 37.8 Å². The van der Waals surface area contributed by atoms with Gasteiger partial charge in [0.15, 0.2) is 5.82 Å². The second-order valence-electron chi connectivity index (χ2n) is 4.06. The molecule has 1 aromatic heterocycles. The van der Waals surface area contributed by atoms with E-state index in [2.05, 4.69) is 16.9 Å². The van der Waals surface area contributed by atoms with Gasteiger partial charge in [-0.15, -0.1) is 0 Å². The molecule has 1 aliphatic carbocycles. The minimum absolute atomic E-state index is 0.645. The standard InChI is InChI=1S/C11H17N3/c1-8-6-7-13-11(10(8)12)14(2)9-4-3-5-9/h6-7,9H,3-5,12H2,1-2H3. The summed E-state index contributed by atoms with van der Waals surface area (Å²) in [4.78, 5) is 6.56. The highest BCUT2D eigenvalue weighted by Crippen LogP contribution is 2.30. The highest BCUT2D eigenvalue weighted by atomic mass is 15.2. The molecule has 14 heavy (non-hydrogen) atoms. The lowest BCUT2D eigenvalue weighted by Gasteiger charge is -2.36. The van der Waals surface area contributed by atoms with E-state index in [1.54, 1.807) is 0 Å². The van der Waals surface area contributed by atoms with E-state index in [1.165, 1.54) is 19.3 Å². The number of nitrogens with two attached hydrogens (primary N) is 1. The lowest BCUT2D eigenvalue weighted by atomic mass is 9.92. The first-order valence-electron chi connectivity index (χ1n) is 5.14. The smallest absolute Gasteiger partial charge is 0.152 e. The average molecular weight is 191 g/mol. The summed E-state index contributed by atoms with van der Waals surface area (Å²) < 4.78 is 0. The molecule has 0 bridgehead atoms. The number of pyridine rings is 1. The van der Waals surface area contributed by atoms with E-state index in [9.17, 15) is 0 Å². The molecule has 1 aromatic rings. The highest BCUT2D eigenvalue weighted by Gasteiger charge is 2.24. The molecule has 0 saturated heterocycles. The fourth-order valence-electron chi connectivity index (χ4n) is 1.78. The summed E-state index contributed by atoms with van der Waals surface area (Å²) in [6.45, 7) is 2.02. The minimum Gasteiger partial charge on any atom is -0.396 e. The van der Waals surface area contributed by atoms with E-state index < -0.39 is 0 Å². The quantitative estimate of drug-likeness (QED) is 0.777. The van der Waals surface area contributed by atoms with Crippen molar-refractivity contribution >= 4 is 11.5 Å². The molecule has 0 unspecified atom stereocenters. The third kappa shape index (κ3) is 1.43. The molecule has 0 radical (unpaired) electrons. The number of aryl methyl sites for hydroxylation is 1. The molecule has 1 saturated carbocycles. The van der Waals surface area contributed by atoms with Gasteiger partial charge in [-0.1, -0.05) is 0 Å². The average Bonchev–Trinajstić information content (AvgIpc) is 2.06. The zero-order chi connectivity index (χ0) is 10.1. The Morgan fingerprint density at radius 3 is 2.79 bits per heavy atom. The van der Waals surface area contributed by atoms with Crippen LogP contribution in [0.25, 0.3) is 0 Å². The molecule has 3 nitrogen and oxygen atoms in total. The Labute approximate surface area is 84.9 Å². The summed E-state index contributed by atoms with van der Waals surface area (Å²) >= 11 is 0. The molecule has 1 aliphatic rings. The monoisotopic (exact) mass is 191 g/mol. The van der Waals surface area contributed by atoms with Crippen LogP contribution in [0.5, 0.6) is 0 Å². The predicted octanol–water partition coefficient (Wildman–Crippen LogP) is 1.96. The van der Waals surface area contributed by atoms with Crippen LogP contribution in [0.1, 0.15) is 24.8 Å². The van der Waals surface area contributed by atoms with Crippen LogP contribution in [0.3, 0.4) is 0 Å². The van der Waals surface area contributed by atoms with Gasteiger partial charge in [0.1, 0.15) is 0 Å². The number of nitrogen functional groups attached to an aromatic ring is 1. The fraction of sp³-hybridized carbons (Fsp3) is 0.545. The molecule has 76 valence electrons. The second-order valence-corrected chi connectivity index (χ2v) is 4.06. The van der Waals surface area contributed by atoms with Crippen molar-refractivity contribution in [3.63, 3.8) is 0 Å². The molecule has 1 fully saturated rings. The van der Waals surface area contributed by atoms with Crippen LogP contribution in [-0.4, -0.2) is 18.1 Å². The number of hydrogen-bond acceptors (Lipinski definition) is 3. The molecule has 0 atom stereocenters. The Morgan fingerprint density at radius 1 is 1.50 bits per heavy atom. The molecule has 2 N–H and O–H groups in total. The topological polar surface area (TPSA) is 42.2 Å². The molecule has 0 aliphatic heterocycles. The van der Waals surface area contributed by atoms with Crippen LogP contribution in [0.4, 0.5) is 11.5 Å². The summed E-state index contributed by atoms with van der Waals surface area (Å²) in [6, 6.07) is 2.60. The normalized spacial score (nSPS) is 16.4. The third-order valence-corrected chi connectivity index (χ3v) is 3.14. The molecule has 0 amide bonds. The van der Waals surface area contributed by atoms with Crippen LogP contribution in [0, 0.1) is 6.92 Å². The summed E-state index contributed by atoms with van der Waals surface area (Å²) in [5.74, 6) is 0.940. The van der Waals surface area contributed by atoms with Crippen molar-refractivity contribution in [3.05, 3.63) is 17.8 Å². The first kappa shape index (κ1) is 9.31. The first-order chi connectivity index (χ1) is 6.70. The van der Waals surface area contributed by atoms with E-state index >= 15 is 0 Å². The lowest BCUT2D eigenvalue weighted by molar-refractivity contribution is 0.399.